The predicted octanol–water partition coefficient (Wildman–Crippen LogP) is 2.58. The Hall–Kier alpha value is -1.42. The molecular formula is C16H23FN2O. The number of hydrogen-bond acceptors (Lipinski definition) is 2. The van der Waals surface area contributed by atoms with Gasteiger partial charge in [-0.05, 0) is 49.9 Å². The van der Waals surface area contributed by atoms with Crippen LogP contribution in [0, 0.1) is 5.82 Å². The van der Waals surface area contributed by atoms with E-state index in [1.807, 2.05) is 13.0 Å². The number of carbonyl (C=O) groups is 1. The Kier molecular flexibility index (Phi) is 5.12. The van der Waals surface area contributed by atoms with Gasteiger partial charge in [-0.15, -0.1) is 0 Å². The molecule has 1 aromatic rings. The molecular weight excluding hydrogens is 255 g/mol. The molecule has 2 N–H and O–H groups in total. The van der Waals surface area contributed by atoms with Gasteiger partial charge in [0.2, 0.25) is 5.91 Å². The molecule has 0 bridgehead atoms. The maximum Gasteiger partial charge on any atom is 0.220 e. The average Bonchev–Trinajstić information content (AvgIpc) is 2.41. The summed E-state index contributed by atoms with van der Waals surface area (Å²) >= 11 is 0. The Morgan fingerprint density at radius 1 is 1.55 bits per heavy atom. The molecule has 20 heavy (non-hydrogen) atoms. The normalized spacial score (nSPS) is 24.1. The van der Waals surface area contributed by atoms with Gasteiger partial charge < -0.3 is 10.6 Å². The molecule has 1 aliphatic heterocycles. The van der Waals surface area contributed by atoms with Crippen LogP contribution in [-0.2, 0) is 4.79 Å². The lowest BCUT2D eigenvalue weighted by molar-refractivity contribution is -0.122. The molecule has 1 aromatic carbocycles. The van der Waals surface area contributed by atoms with E-state index < -0.39 is 0 Å². The topological polar surface area (TPSA) is 41.1 Å². The van der Waals surface area contributed by atoms with Gasteiger partial charge in [-0.3, -0.25) is 4.79 Å². The van der Waals surface area contributed by atoms with Crippen molar-refractivity contribution in [2.75, 3.05) is 6.54 Å². The standard InChI is InChI=1S/C16H23FN2O/c1-11(13-5-3-6-14(17)10-13)9-16(20)19-15-7-4-8-18-12(15)2/h3,5-6,10-12,15,18H,4,7-9H2,1-2H3,(H,19,20). The molecule has 3 atom stereocenters. The minimum absolute atomic E-state index is 0.0255. The zero-order chi connectivity index (χ0) is 14.5. The van der Waals surface area contributed by atoms with Gasteiger partial charge in [0.05, 0.1) is 0 Å². The van der Waals surface area contributed by atoms with Gasteiger partial charge in [-0.1, -0.05) is 19.1 Å². The van der Waals surface area contributed by atoms with Crippen LogP contribution in [0.5, 0.6) is 0 Å². The minimum atomic E-state index is -0.250. The lowest BCUT2D eigenvalue weighted by Gasteiger charge is -2.31. The van der Waals surface area contributed by atoms with E-state index in [-0.39, 0.29) is 23.7 Å². The highest BCUT2D eigenvalue weighted by Gasteiger charge is 2.23. The van der Waals surface area contributed by atoms with E-state index in [0.717, 1.165) is 24.9 Å². The van der Waals surface area contributed by atoms with Crippen molar-refractivity contribution in [3.05, 3.63) is 35.6 Å². The lowest BCUT2D eigenvalue weighted by atomic mass is 9.96. The van der Waals surface area contributed by atoms with Crippen molar-refractivity contribution in [2.45, 2.75) is 51.1 Å². The highest BCUT2D eigenvalue weighted by atomic mass is 19.1. The zero-order valence-corrected chi connectivity index (χ0v) is 12.2. The number of piperidine rings is 1. The maximum absolute atomic E-state index is 13.2. The molecule has 0 aliphatic carbocycles. The molecule has 1 aliphatic rings. The first kappa shape index (κ1) is 15.0. The van der Waals surface area contributed by atoms with E-state index in [1.165, 1.54) is 12.1 Å². The summed E-state index contributed by atoms with van der Waals surface area (Å²) in [4.78, 5) is 12.1. The van der Waals surface area contributed by atoms with Gasteiger partial charge in [-0.25, -0.2) is 4.39 Å². The fourth-order valence-corrected chi connectivity index (χ4v) is 2.72. The molecule has 1 saturated heterocycles. The fourth-order valence-electron chi connectivity index (χ4n) is 2.72. The van der Waals surface area contributed by atoms with Crippen LogP contribution in [0.4, 0.5) is 4.39 Å². The second kappa shape index (κ2) is 6.84. The van der Waals surface area contributed by atoms with Gasteiger partial charge in [-0.2, -0.15) is 0 Å². The largest absolute Gasteiger partial charge is 0.352 e. The van der Waals surface area contributed by atoms with Crippen molar-refractivity contribution in [2.24, 2.45) is 0 Å². The highest BCUT2D eigenvalue weighted by Crippen LogP contribution is 2.20. The van der Waals surface area contributed by atoms with E-state index >= 15 is 0 Å². The van der Waals surface area contributed by atoms with Crippen LogP contribution < -0.4 is 10.6 Å². The first-order chi connectivity index (χ1) is 9.56. The minimum Gasteiger partial charge on any atom is -0.352 e. The molecule has 0 aromatic heterocycles. The second-order valence-corrected chi connectivity index (χ2v) is 5.72. The summed E-state index contributed by atoms with van der Waals surface area (Å²) in [5, 5.41) is 6.45. The van der Waals surface area contributed by atoms with Crippen molar-refractivity contribution >= 4 is 5.91 Å². The van der Waals surface area contributed by atoms with Crippen LogP contribution in [-0.4, -0.2) is 24.5 Å². The predicted molar refractivity (Wildman–Crippen MR) is 78.1 cm³/mol. The summed E-state index contributed by atoms with van der Waals surface area (Å²) in [5.74, 6) is -0.181. The van der Waals surface area contributed by atoms with E-state index in [9.17, 15) is 9.18 Å². The monoisotopic (exact) mass is 278 g/mol. The summed E-state index contributed by atoms with van der Waals surface area (Å²) < 4.78 is 13.2. The van der Waals surface area contributed by atoms with Crippen LogP contribution in [0.15, 0.2) is 24.3 Å². The van der Waals surface area contributed by atoms with Crippen LogP contribution in [0.1, 0.15) is 44.6 Å². The Balaban J connectivity index is 1.87. The van der Waals surface area contributed by atoms with Crippen molar-refractivity contribution in [3.63, 3.8) is 0 Å². The molecule has 0 radical (unpaired) electrons. The molecule has 1 fully saturated rings. The molecule has 0 spiro atoms. The van der Waals surface area contributed by atoms with E-state index in [1.54, 1.807) is 6.07 Å². The Bertz CT molecular complexity index is 464. The summed E-state index contributed by atoms with van der Waals surface area (Å²) in [7, 11) is 0. The van der Waals surface area contributed by atoms with Gasteiger partial charge in [0.25, 0.3) is 0 Å². The number of halogens is 1. The molecule has 4 heteroatoms. The summed E-state index contributed by atoms with van der Waals surface area (Å²) in [5.41, 5.74) is 0.870. The molecule has 3 unspecified atom stereocenters. The third-order valence-corrected chi connectivity index (χ3v) is 4.02. The summed E-state index contributed by atoms with van der Waals surface area (Å²) in [6, 6.07) is 7.00. The number of rotatable bonds is 4. The van der Waals surface area contributed by atoms with Crippen LogP contribution >= 0.6 is 0 Å². The molecule has 1 heterocycles. The van der Waals surface area contributed by atoms with Crippen LogP contribution in [0.2, 0.25) is 0 Å². The Morgan fingerprint density at radius 3 is 3.05 bits per heavy atom. The summed E-state index contributed by atoms with van der Waals surface area (Å²) in [6.45, 7) is 5.07. The van der Waals surface area contributed by atoms with Crippen molar-refractivity contribution in [1.82, 2.24) is 10.6 Å². The fraction of sp³-hybridized carbons (Fsp3) is 0.562. The van der Waals surface area contributed by atoms with Crippen LogP contribution in [0.25, 0.3) is 0 Å². The molecule has 0 saturated carbocycles. The van der Waals surface area contributed by atoms with Crippen LogP contribution in [0.3, 0.4) is 0 Å². The third-order valence-electron chi connectivity index (χ3n) is 4.02. The molecule has 110 valence electrons. The molecule has 1 amide bonds. The van der Waals surface area contributed by atoms with Gasteiger partial charge in [0, 0.05) is 18.5 Å². The Labute approximate surface area is 120 Å². The van der Waals surface area contributed by atoms with Gasteiger partial charge in [0.15, 0.2) is 0 Å². The Morgan fingerprint density at radius 2 is 2.35 bits per heavy atom. The lowest BCUT2D eigenvalue weighted by Crippen LogP contribution is -2.52. The third kappa shape index (κ3) is 4.04. The highest BCUT2D eigenvalue weighted by molar-refractivity contribution is 5.77. The smallest absolute Gasteiger partial charge is 0.220 e. The number of hydrogen-bond donors (Lipinski definition) is 2. The number of nitrogens with one attached hydrogen (secondary N) is 2. The SMILES string of the molecule is CC(CC(=O)NC1CCCNC1C)c1cccc(F)c1. The number of amides is 1. The van der Waals surface area contributed by atoms with Gasteiger partial charge in [0.1, 0.15) is 5.82 Å². The van der Waals surface area contributed by atoms with E-state index in [0.29, 0.717) is 12.5 Å². The van der Waals surface area contributed by atoms with Gasteiger partial charge >= 0.3 is 0 Å². The van der Waals surface area contributed by atoms with E-state index in [4.69, 9.17) is 0 Å². The summed E-state index contributed by atoms with van der Waals surface area (Å²) in [6.07, 6.45) is 2.51. The van der Waals surface area contributed by atoms with Crippen molar-refractivity contribution < 1.29 is 9.18 Å². The van der Waals surface area contributed by atoms with E-state index in [2.05, 4.69) is 17.6 Å². The first-order valence-electron chi connectivity index (χ1n) is 7.34. The zero-order valence-electron chi connectivity index (χ0n) is 12.2. The maximum atomic E-state index is 13.2. The van der Waals surface area contributed by atoms with Crippen molar-refractivity contribution in [3.8, 4) is 0 Å². The van der Waals surface area contributed by atoms with Crippen molar-refractivity contribution in [1.29, 1.82) is 0 Å². The average molecular weight is 278 g/mol. The second-order valence-electron chi connectivity index (χ2n) is 5.72. The molecule has 2 rings (SSSR count). The number of carbonyl (C=O) groups excluding carboxylic acids is 1. The number of benzene rings is 1. The molecule has 3 nitrogen and oxygen atoms in total. The quantitative estimate of drug-likeness (QED) is 0.889. The first-order valence-corrected chi connectivity index (χ1v) is 7.34.